The summed E-state index contributed by atoms with van der Waals surface area (Å²) in [6.07, 6.45) is 0. The first-order valence-corrected chi connectivity index (χ1v) is 7.84. The van der Waals surface area contributed by atoms with Gasteiger partial charge in [0.05, 0.1) is 28.3 Å². The van der Waals surface area contributed by atoms with E-state index in [2.05, 4.69) is 5.32 Å². The number of rotatable bonds is 6. The van der Waals surface area contributed by atoms with Crippen LogP contribution in [0.15, 0.2) is 39.9 Å². The Morgan fingerprint density at radius 1 is 1.38 bits per heavy atom. The lowest BCUT2D eigenvalue weighted by Crippen LogP contribution is -2.16. The van der Waals surface area contributed by atoms with Crippen molar-refractivity contribution in [1.82, 2.24) is 0 Å². The van der Waals surface area contributed by atoms with E-state index in [1.54, 1.807) is 17.4 Å². The molecule has 2 N–H and O–H groups in total. The zero-order valence-corrected chi connectivity index (χ0v) is 12.8. The van der Waals surface area contributed by atoms with Crippen LogP contribution in [-0.4, -0.2) is 29.8 Å². The third-order valence-corrected chi connectivity index (χ3v) is 4.70. The number of carboxylic acid groups (broad SMARTS) is 1. The average molecular weight is 323 g/mol. The molecule has 0 fully saturated rings. The van der Waals surface area contributed by atoms with Crippen molar-refractivity contribution in [2.24, 2.45) is 0 Å². The van der Waals surface area contributed by atoms with Crippen LogP contribution in [0.25, 0.3) is 0 Å². The van der Waals surface area contributed by atoms with E-state index < -0.39 is 5.97 Å². The number of amides is 1. The highest BCUT2D eigenvalue weighted by Gasteiger charge is 2.14. The Morgan fingerprint density at radius 3 is 2.81 bits per heavy atom. The highest BCUT2D eigenvalue weighted by molar-refractivity contribution is 8.01. The normalized spacial score (nSPS) is 10.1. The zero-order chi connectivity index (χ0) is 15.2. The number of aromatic carboxylic acids is 1. The van der Waals surface area contributed by atoms with Crippen molar-refractivity contribution in [2.75, 3.05) is 18.2 Å². The molecule has 5 nitrogen and oxygen atoms in total. The van der Waals surface area contributed by atoms with Crippen LogP contribution in [0.3, 0.4) is 0 Å². The largest absolute Gasteiger partial charge is 0.497 e. The maximum absolute atomic E-state index is 11.9. The van der Waals surface area contributed by atoms with Crippen LogP contribution in [0.5, 0.6) is 5.75 Å². The Morgan fingerprint density at radius 2 is 2.19 bits per heavy atom. The first-order valence-electron chi connectivity index (χ1n) is 5.97. The molecule has 2 aromatic rings. The summed E-state index contributed by atoms with van der Waals surface area (Å²) in [5.41, 5.74) is 0.268. The summed E-state index contributed by atoms with van der Waals surface area (Å²) in [6, 6.07) is 8.28. The van der Waals surface area contributed by atoms with Gasteiger partial charge in [0.2, 0.25) is 5.91 Å². The first-order chi connectivity index (χ1) is 10.1. The third kappa shape index (κ3) is 4.24. The molecule has 110 valence electrons. The van der Waals surface area contributed by atoms with Gasteiger partial charge in [-0.2, -0.15) is 0 Å². The van der Waals surface area contributed by atoms with Crippen molar-refractivity contribution in [1.29, 1.82) is 0 Å². The van der Waals surface area contributed by atoms with Crippen molar-refractivity contribution in [3.8, 4) is 5.75 Å². The number of benzene rings is 1. The molecule has 1 heterocycles. The van der Waals surface area contributed by atoms with Gasteiger partial charge < -0.3 is 15.2 Å². The van der Waals surface area contributed by atoms with Gasteiger partial charge in [-0.15, -0.1) is 23.1 Å². The molecule has 1 aromatic carbocycles. The molecule has 21 heavy (non-hydrogen) atoms. The van der Waals surface area contributed by atoms with E-state index in [0.29, 0.717) is 5.75 Å². The molecule has 0 bridgehead atoms. The van der Waals surface area contributed by atoms with Crippen LogP contribution in [0.4, 0.5) is 5.69 Å². The molecular formula is C14H13NO4S2. The molecule has 2 rings (SSSR count). The third-order valence-electron chi connectivity index (χ3n) is 2.57. The number of anilines is 1. The maximum Gasteiger partial charge on any atom is 0.337 e. The van der Waals surface area contributed by atoms with Gasteiger partial charge in [-0.1, -0.05) is 6.07 Å². The van der Waals surface area contributed by atoms with Crippen LogP contribution >= 0.6 is 23.1 Å². The number of thiophene rings is 1. The Hall–Kier alpha value is -1.99. The zero-order valence-electron chi connectivity index (χ0n) is 11.2. The molecule has 0 spiro atoms. The van der Waals surface area contributed by atoms with Crippen LogP contribution in [0, 0.1) is 0 Å². The van der Waals surface area contributed by atoms with Gasteiger partial charge in [0.1, 0.15) is 5.75 Å². The van der Waals surface area contributed by atoms with E-state index in [1.807, 2.05) is 17.5 Å². The summed E-state index contributed by atoms with van der Waals surface area (Å²) in [4.78, 5) is 23.1. The highest BCUT2D eigenvalue weighted by Crippen LogP contribution is 2.25. The number of carboxylic acids is 1. The van der Waals surface area contributed by atoms with E-state index in [0.717, 1.165) is 4.21 Å². The number of carbonyl (C=O) groups excluding carboxylic acids is 1. The van der Waals surface area contributed by atoms with Crippen LogP contribution in [0.2, 0.25) is 0 Å². The minimum Gasteiger partial charge on any atom is -0.497 e. The molecule has 0 aliphatic rings. The number of carbonyl (C=O) groups is 2. The van der Waals surface area contributed by atoms with Gasteiger partial charge in [-0.05, 0) is 23.6 Å². The van der Waals surface area contributed by atoms with Gasteiger partial charge in [-0.3, -0.25) is 4.79 Å². The first kappa shape index (κ1) is 15.4. The highest BCUT2D eigenvalue weighted by atomic mass is 32.2. The van der Waals surface area contributed by atoms with Crippen molar-refractivity contribution in [3.63, 3.8) is 0 Å². The van der Waals surface area contributed by atoms with Gasteiger partial charge in [-0.25, -0.2) is 4.79 Å². The van der Waals surface area contributed by atoms with E-state index in [1.165, 1.54) is 31.0 Å². The predicted octanol–water partition coefficient (Wildman–Crippen LogP) is 3.19. The number of hydrogen-bond donors (Lipinski definition) is 2. The molecule has 0 unspecified atom stereocenters. The molecule has 0 aliphatic carbocycles. The molecule has 1 amide bonds. The number of methoxy groups -OCH3 is 1. The van der Waals surface area contributed by atoms with E-state index in [4.69, 9.17) is 9.84 Å². The second-order valence-corrected chi connectivity index (χ2v) is 6.21. The predicted molar refractivity (Wildman–Crippen MR) is 83.6 cm³/mol. The summed E-state index contributed by atoms with van der Waals surface area (Å²) >= 11 is 2.96. The topological polar surface area (TPSA) is 75.6 Å². The summed E-state index contributed by atoms with van der Waals surface area (Å²) in [7, 11) is 1.48. The Kier molecular flexibility index (Phi) is 5.24. The van der Waals surface area contributed by atoms with Crippen molar-refractivity contribution in [2.45, 2.75) is 4.21 Å². The number of hydrogen-bond acceptors (Lipinski definition) is 5. The Balaban J connectivity index is 2.06. The molecule has 0 saturated heterocycles. The quantitative estimate of drug-likeness (QED) is 0.799. The average Bonchev–Trinajstić information content (AvgIpc) is 2.98. The smallest absolute Gasteiger partial charge is 0.337 e. The number of thioether (sulfide) groups is 1. The van der Waals surface area contributed by atoms with E-state index >= 15 is 0 Å². The van der Waals surface area contributed by atoms with E-state index in [-0.39, 0.29) is 22.9 Å². The lowest BCUT2D eigenvalue weighted by Gasteiger charge is -2.10. The number of ether oxygens (including phenoxy) is 1. The van der Waals surface area contributed by atoms with Gasteiger partial charge >= 0.3 is 5.97 Å². The lowest BCUT2D eigenvalue weighted by atomic mass is 10.1. The summed E-state index contributed by atoms with van der Waals surface area (Å²) in [6.45, 7) is 0. The Labute approximate surface area is 129 Å². The minimum atomic E-state index is -1.10. The second kappa shape index (κ2) is 7.14. The Bertz CT molecular complexity index is 640. The fraction of sp³-hybridized carbons (Fsp3) is 0.143. The maximum atomic E-state index is 11.9. The van der Waals surface area contributed by atoms with Crippen molar-refractivity contribution < 1.29 is 19.4 Å². The van der Waals surface area contributed by atoms with Gasteiger partial charge in [0, 0.05) is 6.07 Å². The van der Waals surface area contributed by atoms with Crippen LogP contribution in [0.1, 0.15) is 10.4 Å². The summed E-state index contributed by atoms with van der Waals surface area (Å²) in [5.74, 6) is -0.652. The molecule has 0 saturated carbocycles. The number of nitrogens with one attached hydrogen (secondary N) is 1. The molecule has 1 aromatic heterocycles. The molecule has 7 heteroatoms. The summed E-state index contributed by atoms with van der Waals surface area (Å²) in [5, 5.41) is 13.7. The lowest BCUT2D eigenvalue weighted by molar-refractivity contribution is -0.113. The molecule has 0 atom stereocenters. The van der Waals surface area contributed by atoms with Crippen molar-refractivity contribution >= 4 is 40.7 Å². The van der Waals surface area contributed by atoms with Crippen molar-refractivity contribution in [3.05, 3.63) is 41.3 Å². The van der Waals surface area contributed by atoms with Crippen LogP contribution in [-0.2, 0) is 4.79 Å². The fourth-order valence-electron chi connectivity index (χ4n) is 1.61. The fourth-order valence-corrected chi connectivity index (χ4v) is 3.19. The van der Waals surface area contributed by atoms with Gasteiger partial charge in [0.25, 0.3) is 0 Å². The SMILES string of the molecule is COc1ccc(C(=O)O)c(NC(=O)CSc2cccs2)c1. The standard InChI is InChI=1S/C14H13NO4S2/c1-19-9-4-5-10(14(17)18)11(7-9)15-12(16)8-21-13-3-2-6-20-13/h2-7H,8H2,1H3,(H,15,16)(H,17,18). The monoisotopic (exact) mass is 323 g/mol. The van der Waals surface area contributed by atoms with E-state index in [9.17, 15) is 9.59 Å². The molecule has 0 radical (unpaired) electrons. The molecule has 0 aliphatic heterocycles. The van der Waals surface area contributed by atoms with Crippen LogP contribution < -0.4 is 10.1 Å². The molecular weight excluding hydrogens is 310 g/mol. The second-order valence-electron chi connectivity index (χ2n) is 3.99. The summed E-state index contributed by atoms with van der Waals surface area (Å²) < 4.78 is 6.08. The minimum absolute atomic E-state index is 0.0327. The van der Waals surface area contributed by atoms with Gasteiger partial charge in [0.15, 0.2) is 0 Å².